The number of halogens is 3. The molecule has 0 aliphatic carbocycles. The molecule has 2 heterocycles. The van der Waals surface area contributed by atoms with Gasteiger partial charge < -0.3 is 10.2 Å². The molecule has 2 rings (SSSR count). The van der Waals surface area contributed by atoms with Crippen LogP contribution in [0, 0.1) is 5.92 Å². The van der Waals surface area contributed by atoms with Gasteiger partial charge in [0.15, 0.2) is 5.69 Å². The summed E-state index contributed by atoms with van der Waals surface area (Å²) in [4.78, 5) is 9.54. The van der Waals surface area contributed by atoms with Gasteiger partial charge in [-0.25, -0.2) is 4.98 Å². The summed E-state index contributed by atoms with van der Waals surface area (Å²) in [5.74, 6) is 0.909. The molecule has 0 saturated carbocycles. The second-order valence-electron chi connectivity index (χ2n) is 5.07. The Morgan fingerprint density at radius 1 is 1.40 bits per heavy atom. The number of nitrogens with zero attached hydrogens (tertiary/aromatic N) is 3. The van der Waals surface area contributed by atoms with Crippen LogP contribution in [0.1, 0.15) is 31.9 Å². The van der Waals surface area contributed by atoms with Crippen molar-refractivity contribution in [3.63, 3.8) is 0 Å². The average Bonchev–Trinajstić information content (AvgIpc) is 2.86. The predicted octanol–water partition coefficient (Wildman–Crippen LogP) is 3.16. The third-order valence-corrected chi connectivity index (χ3v) is 3.53. The molecule has 1 atom stereocenters. The number of nitrogens with one attached hydrogen (secondary N) is 1. The third kappa shape index (κ3) is 3.32. The van der Waals surface area contributed by atoms with Crippen molar-refractivity contribution in [1.29, 1.82) is 0 Å². The standard InChI is InChI=1S/C13H19F3N4/c1-3-4-9-5-6-20(8-9)11-7-10(13(14,15)16)18-12(17-2)19-11/h7,9H,3-6,8H2,1-2H3,(H,17,18,19). The van der Waals surface area contributed by atoms with Crippen LogP contribution < -0.4 is 10.2 Å². The van der Waals surface area contributed by atoms with Crippen LogP contribution in [0.25, 0.3) is 0 Å². The smallest absolute Gasteiger partial charge is 0.357 e. The largest absolute Gasteiger partial charge is 0.433 e. The lowest BCUT2D eigenvalue weighted by molar-refractivity contribution is -0.141. The van der Waals surface area contributed by atoms with Gasteiger partial charge in [0.25, 0.3) is 0 Å². The van der Waals surface area contributed by atoms with Crippen LogP contribution in [0.2, 0.25) is 0 Å². The van der Waals surface area contributed by atoms with Gasteiger partial charge >= 0.3 is 6.18 Å². The lowest BCUT2D eigenvalue weighted by Crippen LogP contribution is -2.23. The highest BCUT2D eigenvalue weighted by molar-refractivity contribution is 5.46. The van der Waals surface area contributed by atoms with Crippen molar-refractivity contribution in [1.82, 2.24) is 9.97 Å². The van der Waals surface area contributed by atoms with E-state index in [-0.39, 0.29) is 5.95 Å². The van der Waals surface area contributed by atoms with Gasteiger partial charge in [0.05, 0.1) is 0 Å². The molecule has 1 aliphatic heterocycles. The van der Waals surface area contributed by atoms with Gasteiger partial charge in [-0.15, -0.1) is 0 Å². The fourth-order valence-corrected chi connectivity index (χ4v) is 2.54. The number of hydrogen-bond donors (Lipinski definition) is 1. The first-order valence-corrected chi connectivity index (χ1v) is 6.83. The van der Waals surface area contributed by atoms with E-state index >= 15 is 0 Å². The number of alkyl halides is 3. The van der Waals surface area contributed by atoms with E-state index in [1.807, 2.05) is 4.90 Å². The SMILES string of the molecule is CCCC1CCN(c2cc(C(F)(F)F)nc(NC)n2)C1. The second kappa shape index (κ2) is 5.85. The van der Waals surface area contributed by atoms with Crippen molar-refractivity contribution >= 4 is 11.8 Å². The van der Waals surface area contributed by atoms with Crippen LogP contribution in [-0.2, 0) is 6.18 Å². The Balaban J connectivity index is 2.23. The Hall–Kier alpha value is -1.53. The van der Waals surface area contributed by atoms with E-state index in [1.165, 1.54) is 7.05 Å². The number of anilines is 2. The highest BCUT2D eigenvalue weighted by atomic mass is 19.4. The van der Waals surface area contributed by atoms with Crippen molar-refractivity contribution < 1.29 is 13.2 Å². The van der Waals surface area contributed by atoms with Gasteiger partial charge in [0, 0.05) is 26.2 Å². The Morgan fingerprint density at radius 3 is 2.75 bits per heavy atom. The van der Waals surface area contributed by atoms with Gasteiger partial charge in [-0.3, -0.25) is 0 Å². The lowest BCUT2D eigenvalue weighted by atomic mass is 10.0. The first-order valence-electron chi connectivity index (χ1n) is 6.83. The summed E-state index contributed by atoms with van der Waals surface area (Å²) in [6.07, 6.45) is -1.25. The molecular weight excluding hydrogens is 269 g/mol. The van der Waals surface area contributed by atoms with Crippen LogP contribution in [0.15, 0.2) is 6.07 Å². The summed E-state index contributed by atoms with van der Waals surface area (Å²) >= 11 is 0. The molecule has 1 saturated heterocycles. The maximum Gasteiger partial charge on any atom is 0.433 e. The third-order valence-electron chi connectivity index (χ3n) is 3.53. The average molecular weight is 288 g/mol. The Bertz CT molecular complexity index is 461. The molecule has 0 amide bonds. The summed E-state index contributed by atoms with van der Waals surface area (Å²) in [5, 5.41) is 2.59. The highest BCUT2D eigenvalue weighted by Crippen LogP contribution is 2.32. The summed E-state index contributed by atoms with van der Waals surface area (Å²) in [5.41, 5.74) is -0.897. The van der Waals surface area contributed by atoms with Gasteiger partial charge in [0.2, 0.25) is 5.95 Å². The van der Waals surface area contributed by atoms with Crippen molar-refractivity contribution in [2.45, 2.75) is 32.4 Å². The molecule has 1 N–H and O–H groups in total. The number of hydrogen-bond acceptors (Lipinski definition) is 4. The molecule has 0 spiro atoms. The van der Waals surface area contributed by atoms with E-state index in [1.54, 1.807) is 0 Å². The van der Waals surface area contributed by atoms with E-state index in [0.717, 1.165) is 38.4 Å². The first kappa shape index (κ1) is 14.9. The topological polar surface area (TPSA) is 41.1 Å². The summed E-state index contributed by atoms with van der Waals surface area (Å²) in [7, 11) is 1.52. The zero-order chi connectivity index (χ0) is 14.8. The molecule has 0 bridgehead atoms. The van der Waals surface area contributed by atoms with Crippen LogP contribution in [0.3, 0.4) is 0 Å². The molecule has 1 aliphatic rings. The predicted molar refractivity (Wildman–Crippen MR) is 71.8 cm³/mol. The molecule has 0 aromatic carbocycles. The van der Waals surface area contributed by atoms with Crippen molar-refractivity contribution in [3.8, 4) is 0 Å². The fraction of sp³-hybridized carbons (Fsp3) is 0.692. The van der Waals surface area contributed by atoms with E-state index < -0.39 is 11.9 Å². The molecule has 1 aromatic heterocycles. The van der Waals surface area contributed by atoms with E-state index in [4.69, 9.17) is 0 Å². The maximum atomic E-state index is 12.8. The highest BCUT2D eigenvalue weighted by Gasteiger charge is 2.34. The summed E-state index contributed by atoms with van der Waals surface area (Å²) in [6, 6.07) is 1.04. The van der Waals surface area contributed by atoms with Gasteiger partial charge in [-0.1, -0.05) is 13.3 Å². The van der Waals surface area contributed by atoms with Crippen LogP contribution in [0.4, 0.5) is 24.9 Å². The van der Waals surface area contributed by atoms with Crippen molar-refractivity contribution in [2.75, 3.05) is 30.4 Å². The minimum absolute atomic E-state index is 0.00812. The zero-order valence-electron chi connectivity index (χ0n) is 11.7. The Morgan fingerprint density at radius 2 is 2.15 bits per heavy atom. The Labute approximate surface area is 116 Å². The molecule has 1 fully saturated rings. The molecule has 7 heteroatoms. The van der Waals surface area contributed by atoms with Gasteiger partial charge in [0.1, 0.15) is 5.82 Å². The van der Waals surface area contributed by atoms with Crippen LogP contribution in [-0.4, -0.2) is 30.1 Å². The maximum absolute atomic E-state index is 12.8. The van der Waals surface area contributed by atoms with E-state index in [2.05, 4.69) is 22.2 Å². The second-order valence-corrected chi connectivity index (χ2v) is 5.07. The summed E-state index contributed by atoms with van der Waals surface area (Å²) < 4.78 is 38.5. The van der Waals surface area contributed by atoms with Gasteiger partial charge in [-0.05, 0) is 18.8 Å². The minimum Gasteiger partial charge on any atom is -0.357 e. The van der Waals surface area contributed by atoms with Crippen molar-refractivity contribution in [3.05, 3.63) is 11.8 Å². The molecule has 1 unspecified atom stereocenters. The molecule has 20 heavy (non-hydrogen) atoms. The van der Waals surface area contributed by atoms with Crippen molar-refractivity contribution in [2.24, 2.45) is 5.92 Å². The molecular formula is C13H19F3N4. The summed E-state index contributed by atoms with van der Waals surface area (Å²) in [6.45, 7) is 3.64. The van der Waals surface area contributed by atoms with E-state index in [0.29, 0.717) is 11.7 Å². The molecule has 0 radical (unpaired) electrons. The minimum atomic E-state index is -4.45. The lowest BCUT2D eigenvalue weighted by Gasteiger charge is -2.19. The first-order chi connectivity index (χ1) is 9.44. The quantitative estimate of drug-likeness (QED) is 0.924. The van der Waals surface area contributed by atoms with Crippen LogP contribution in [0.5, 0.6) is 0 Å². The number of aromatic nitrogens is 2. The fourth-order valence-electron chi connectivity index (χ4n) is 2.54. The monoisotopic (exact) mass is 288 g/mol. The Kier molecular flexibility index (Phi) is 4.35. The molecule has 1 aromatic rings. The van der Waals surface area contributed by atoms with E-state index in [9.17, 15) is 13.2 Å². The number of rotatable bonds is 4. The zero-order valence-corrected chi connectivity index (χ0v) is 11.7. The molecule has 112 valence electrons. The van der Waals surface area contributed by atoms with Crippen LogP contribution >= 0.6 is 0 Å². The van der Waals surface area contributed by atoms with Gasteiger partial charge in [-0.2, -0.15) is 18.2 Å². The normalized spacial score (nSPS) is 19.4. The molecule has 4 nitrogen and oxygen atoms in total.